The molecule has 14 heavy (non-hydrogen) atoms. The lowest BCUT2D eigenvalue weighted by atomic mass is 10.1. The van der Waals surface area contributed by atoms with Crippen LogP contribution in [-0.4, -0.2) is 6.54 Å². The Labute approximate surface area is 81.2 Å². The lowest BCUT2D eigenvalue weighted by Gasteiger charge is -2.12. The summed E-state index contributed by atoms with van der Waals surface area (Å²) in [7, 11) is 0. The molecule has 1 aromatic rings. The largest absolute Gasteiger partial charge is 0.298 e. The van der Waals surface area contributed by atoms with Gasteiger partial charge in [0.2, 0.25) is 0 Å². The lowest BCUT2D eigenvalue weighted by molar-refractivity contribution is 0.534. The first-order valence-corrected chi connectivity index (χ1v) is 4.20. The zero-order valence-corrected chi connectivity index (χ0v) is 7.72. The van der Waals surface area contributed by atoms with Crippen molar-refractivity contribution in [1.29, 1.82) is 5.26 Å². The summed E-state index contributed by atoms with van der Waals surface area (Å²) in [4.78, 5) is 0. The predicted octanol–water partition coefficient (Wildman–Crippen LogP) is 2.14. The fraction of sp³-hybridized carbons (Fsp3) is 0.300. The van der Waals surface area contributed by atoms with Gasteiger partial charge in [0.25, 0.3) is 0 Å². The van der Waals surface area contributed by atoms with Crippen molar-refractivity contribution in [3.05, 3.63) is 35.4 Å². The van der Waals surface area contributed by atoms with Gasteiger partial charge in [-0.2, -0.15) is 5.26 Å². The second kappa shape index (κ2) is 4.68. The Bertz CT molecular complexity index is 358. The van der Waals surface area contributed by atoms with E-state index in [0.29, 0.717) is 5.56 Å². The van der Waals surface area contributed by atoms with Crippen molar-refractivity contribution in [2.45, 2.75) is 13.0 Å². The molecule has 0 aromatic heterocycles. The van der Waals surface area contributed by atoms with Gasteiger partial charge in [0.1, 0.15) is 11.6 Å². The van der Waals surface area contributed by atoms with Crippen LogP contribution in [-0.2, 0) is 0 Å². The van der Waals surface area contributed by atoms with Gasteiger partial charge < -0.3 is 0 Å². The number of halogens is 2. The maximum absolute atomic E-state index is 13.2. The summed E-state index contributed by atoms with van der Waals surface area (Å²) >= 11 is 0. The Morgan fingerprint density at radius 3 is 2.79 bits per heavy atom. The molecule has 1 atom stereocenters. The number of nitrogens with one attached hydrogen (secondary N) is 1. The minimum Gasteiger partial charge on any atom is -0.298 e. The second-order valence-corrected chi connectivity index (χ2v) is 2.93. The first-order valence-electron chi connectivity index (χ1n) is 4.20. The fourth-order valence-corrected chi connectivity index (χ4v) is 1.16. The summed E-state index contributed by atoms with van der Waals surface area (Å²) in [6, 6.07) is 5.00. The van der Waals surface area contributed by atoms with Crippen molar-refractivity contribution in [2.24, 2.45) is 0 Å². The van der Waals surface area contributed by atoms with Gasteiger partial charge in [0.05, 0.1) is 12.6 Å². The highest BCUT2D eigenvalue weighted by atomic mass is 19.1. The first-order chi connectivity index (χ1) is 6.65. The quantitative estimate of drug-likeness (QED) is 0.752. The predicted molar refractivity (Wildman–Crippen MR) is 48.4 cm³/mol. The molecule has 0 fully saturated rings. The van der Waals surface area contributed by atoms with Crippen molar-refractivity contribution < 1.29 is 8.78 Å². The van der Waals surface area contributed by atoms with Crippen LogP contribution in [0.1, 0.15) is 18.5 Å². The average molecular weight is 196 g/mol. The summed E-state index contributed by atoms with van der Waals surface area (Å²) in [6.45, 7) is 1.85. The highest BCUT2D eigenvalue weighted by Gasteiger charge is 2.10. The van der Waals surface area contributed by atoms with Crippen LogP contribution in [0.15, 0.2) is 18.2 Å². The van der Waals surface area contributed by atoms with Gasteiger partial charge in [-0.3, -0.25) is 5.32 Å². The van der Waals surface area contributed by atoms with Crippen molar-refractivity contribution >= 4 is 0 Å². The van der Waals surface area contributed by atoms with E-state index < -0.39 is 11.6 Å². The van der Waals surface area contributed by atoms with Crippen LogP contribution in [0, 0.1) is 23.0 Å². The van der Waals surface area contributed by atoms with E-state index in [-0.39, 0.29) is 12.6 Å². The molecular weight excluding hydrogens is 186 g/mol. The minimum atomic E-state index is -0.598. The van der Waals surface area contributed by atoms with Gasteiger partial charge in [0.15, 0.2) is 0 Å². The molecule has 2 nitrogen and oxygen atoms in total. The Balaban J connectivity index is 2.80. The molecular formula is C10H10F2N2. The fourth-order valence-electron chi connectivity index (χ4n) is 1.16. The SMILES string of the molecule is CC(NCC#N)c1ccc(F)cc1F. The summed E-state index contributed by atoms with van der Waals surface area (Å²) in [5, 5.41) is 11.1. The van der Waals surface area contributed by atoms with Crippen molar-refractivity contribution in [1.82, 2.24) is 5.32 Å². The van der Waals surface area contributed by atoms with Crippen LogP contribution in [0.2, 0.25) is 0 Å². The van der Waals surface area contributed by atoms with Gasteiger partial charge in [-0.05, 0) is 13.0 Å². The highest BCUT2D eigenvalue weighted by Crippen LogP contribution is 2.17. The van der Waals surface area contributed by atoms with E-state index in [9.17, 15) is 8.78 Å². The van der Waals surface area contributed by atoms with E-state index in [0.717, 1.165) is 6.07 Å². The summed E-state index contributed by atoms with van der Waals surface area (Å²) in [6.07, 6.45) is 0. The third kappa shape index (κ3) is 2.51. The van der Waals surface area contributed by atoms with E-state index in [1.165, 1.54) is 12.1 Å². The molecule has 0 heterocycles. The molecule has 0 saturated heterocycles. The topological polar surface area (TPSA) is 35.8 Å². The summed E-state index contributed by atoms with van der Waals surface area (Å²) < 4.78 is 25.7. The van der Waals surface area contributed by atoms with E-state index in [4.69, 9.17) is 5.26 Å². The maximum Gasteiger partial charge on any atom is 0.130 e. The normalized spacial score (nSPS) is 12.1. The second-order valence-electron chi connectivity index (χ2n) is 2.93. The zero-order chi connectivity index (χ0) is 10.6. The number of nitrogens with zero attached hydrogens (tertiary/aromatic N) is 1. The van der Waals surface area contributed by atoms with Crippen LogP contribution in [0.3, 0.4) is 0 Å². The van der Waals surface area contributed by atoms with Crippen molar-refractivity contribution in [3.8, 4) is 6.07 Å². The van der Waals surface area contributed by atoms with Gasteiger partial charge >= 0.3 is 0 Å². The van der Waals surface area contributed by atoms with Crippen LogP contribution >= 0.6 is 0 Å². The summed E-state index contributed by atoms with van der Waals surface area (Å²) in [5.41, 5.74) is 0.363. The van der Waals surface area contributed by atoms with Crippen molar-refractivity contribution in [2.75, 3.05) is 6.54 Å². The molecule has 1 aromatic carbocycles. The van der Waals surface area contributed by atoms with Crippen molar-refractivity contribution in [3.63, 3.8) is 0 Å². The molecule has 1 unspecified atom stereocenters. The molecule has 0 spiro atoms. The highest BCUT2D eigenvalue weighted by molar-refractivity contribution is 5.21. The van der Waals surface area contributed by atoms with E-state index in [2.05, 4.69) is 5.32 Å². The van der Waals surface area contributed by atoms with Crippen LogP contribution in [0.25, 0.3) is 0 Å². The average Bonchev–Trinajstić information content (AvgIpc) is 2.14. The molecule has 0 saturated carbocycles. The molecule has 0 radical (unpaired) electrons. The van der Waals surface area contributed by atoms with Crippen LogP contribution < -0.4 is 5.32 Å². The Morgan fingerprint density at radius 2 is 2.21 bits per heavy atom. The number of benzene rings is 1. The number of hydrogen-bond donors (Lipinski definition) is 1. The van der Waals surface area contributed by atoms with E-state index >= 15 is 0 Å². The zero-order valence-electron chi connectivity index (χ0n) is 7.72. The third-order valence-corrected chi connectivity index (χ3v) is 1.92. The first kappa shape index (κ1) is 10.6. The smallest absolute Gasteiger partial charge is 0.130 e. The molecule has 74 valence electrons. The van der Waals surface area contributed by atoms with Gasteiger partial charge in [-0.1, -0.05) is 6.07 Å². The standard InChI is InChI=1S/C10H10F2N2/c1-7(14-5-4-13)9-3-2-8(11)6-10(9)12/h2-3,6-7,14H,5H2,1H3. The molecule has 0 amide bonds. The summed E-state index contributed by atoms with van der Waals surface area (Å²) in [5.74, 6) is -1.19. The number of nitriles is 1. The molecule has 1 N–H and O–H groups in total. The van der Waals surface area contributed by atoms with Crippen LogP contribution in [0.4, 0.5) is 8.78 Å². The third-order valence-electron chi connectivity index (χ3n) is 1.92. The molecule has 4 heteroatoms. The number of hydrogen-bond acceptors (Lipinski definition) is 2. The minimum absolute atomic E-state index is 0.137. The molecule has 0 bridgehead atoms. The molecule has 0 aliphatic rings. The Morgan fingerprint density at radius 1 is 1.50 bits per heavy atom. The lowest BCUT2D eigenvalue weighted by Crippen LogP contribution is -2.19. The van der Waals surface area contributed by atoms with Crippen LogP contribution in [0.5, 0.6) is 0 Å². The monoisotopic (exact) mass is 196 g/mol. The van der Waals surface area contributed by atoms with Gasteiger partial charge in [-0.25, -0.2) is 8.78 Å². The van der Waals surface area contributed by atoms with Gasteiger partial charge in [0, 0.05) is 17.7 Å². The van der Waals surface area contributed by atoms with E-state index in [1.54, 1.807) is 6.92 Å². The Hall–Kier alpha value is -1.47. The molecule has 0 aliphatic carbocycles. The molecule has 0 aliphatic heterocycles. The maximum atomic E-state index is 13.2. The number of rotatable bonds is 3. The van der Waals surface area contributed by atoms with Gasteiger partial charge in [-0.15, -0.1) is 0 Å². The Kier molecular flexibility index (Phi) is 3.55. The molecule has 1 rings (SSSR count). The van der Waals surface area contributed by atoms with E-state index in [1.807, 2.05) is 6.07 Å².